The van der Waals surface area contributed by atoms with E-state index in [-0.39, 0.29) is 18.4 Å². The summed E-state index contributed by atoms with van der Waals surface area (Å²) in [5.41, 5.74) is 4.40. The van der Waals surface area contributed by atoms with Gasteiger partial charge in [-0.2, -0.15) is 0 Å². The van der Waals surface area contributed by atoms with E-state index in [2.05, 4.69) is 18.0 Å². The minimum absolute atomic E-state index is 0.138. The van der Waals surface area contributed by atoms with Crippen LogP contribution in [0.4, 0.5) is 5.69 Å². The zero-order valence-corrected chi connectivity index (χ0v) is 18.5. The number of anilines is 1. The summed E-state index contributed by atoms with van der Waals surface area (Å²) in [7, 11) is 0. The van der Waals surface area contributed by atoms with E-state index in [1.54, 1.807) is 6.20 Å². The molecule has 0 saturated carbocycles. The molecule has 0 N–H and O–H groups in total. The van der Waals surface area contributed by atoms with E-state index in [0.717, 1.165) is 24.3 Å². The zero-order valence-electron chi connectivity index (χ0n) is 18.5. The lowest BCUT2D eigenvalue weighted by Gasteiger charge is -2.21. The van der Waals surface area contributed by atoms with Gasteiger partial charge in [-0.25, -0.2) is 0 Å². The van der Waals surface area contributed by atoms with Crippen LogP contribution in [-0.2, 0) is 22.6 Å². The number of carbonyl (C=O) groups is 2. The Kier molecular flexibility index (Phi) is 5.65. The third kappa shape index (κ3) is 3.89. The van der Waals surface area contributed by atoms with Gasteiger partial charge in [0, 0.05) is 18.4 Å². The second kappa shape index (κ2) is 8.90. The van der Waals surface area contributed by atoms with Crippen LogP contribution in [0, 0.1) is 0 Å². The third-order valence-corrected chi connectivity index (χ3v) is 5.96. The van der Waals surface area contributed by atoms with Gasteiger partial charge in [0.15, 0.2) is 0 Å². The first-order valence-electron chi connectivity index (χ1n) is 11.3. The van der Waals surface area contributed by atoms with Crippen LogP contribution >= 0.6 is 0 Å². The Morgan fingerprint density at radius 3 is 2.48 bits per heavy atom. The van der Waals surface area contributed by atoms with Crippen molar-refractivity contribution >= 4 is 23.1 Å². The van der Waals surface area contributed by atoms with Crippen LogP contribution in [0.2, 0.25) is 0 Å². The summed E-state index contributed by atoms with van der Waals surface area (Å²) in [4.78, 5) is 34.9. The molecule has 6 heteroatoms. The lowest BCUT2D eigenvalue weighted by Crippen LogP contribution is -2.34. The summed E-state index contributed by atoms with van der Waals surface area (Å²) in [6.07, 6.45) is 3.42. The largest absolute Gasteiger partial charge is 0.494 e. The molecule has 0 spiro atoms. The first kappa shape index (κ1) is 20.9. The second-order valence-corrected chi connectivity index (χ2v) is 8.14. The first-order valence-corrected chi connectivity index (χ1v) is 11.3. The average molecular weight is 440 g/mol. The number of carbonyl (C=O) groups excluding carboxylic acids is 2. The molecule has 0 saturated heterocycles. The van der Waals surface area contributed by atoms with E-state index in [0.29, 0.717) is 35.7 Å². The number of pyridine rings is 1. The van der Waals surface area contributed by atoms with Crippen LogP contribution in [0.5, 0.6) is 5.75 Å². The van der Waals surface area contributed by atoms with Crippen molar-refractivity contribution in [3.8, 4) is 5.75 Å². The van der Waals surface area contributed by atoms with Gasteiger partial charge in [0.25, 0.3) is 11.8 Å². The predicted octanol–water partition coefficient (Wildman–Crippen LogP) is 4.21. The zero-order chi connectivity index (χ0) is 22.8. The Bertz CT molecular complexity index is 1220. The van der Waals surface area contributed by atoms with Crippen LogP contribution < -0.4 is 9.64 Å². The summed E-state index contributed by atoms with van der Waals surface area (Å²) >= 11 is 0. The molecule has 0 atom stereocenters. The van der Waals surface area contributed by atoms with E-state index in [4.69, 9.17) is 4.74 Å². The number of rotatable bonds is 7. The van der Waals surface area contributed by atoms with Gasteiger partial charge in [0.1, 0.15) is 11.4 Å². The molecule has 0 bridgehead atoms. The maximum Gasteiger partial charge on any atom is 0.278 e. The van der Waals surface area contributed by atoms with Gasteiger partial charge in [0.2, 0.25) is 0 Å². The van der Waals surface area contributed by atoms with Crippen LogP contribution in [0.1, 0.15) is 30.2 Å². The molecule has 2 amide bonds. The van der Waals surface area contributed by atoms with Crippen molar-refractivity contribution in [2.75, 3.05) is 18.1 Å². The number of hydrogen-bond acceptors (Lipinski definition) is 5. The quantitative estimate of drug-likeness (QED) is 0.516. The monoisotopic (exact) mass is 439 g/mol. The topological polar surface area (TPSA) is 62.7 Å². The third-order valence-electron chi connectivity index (χ3n) is 5.96. The number of ether oxygens (including phenoxy) is 1. The molecule has 6 nitrogen and oxygen atoms in total. The fourth-order valence-electron chi connectivity index (χ4n) is 4.38. The van der Waals surface area contributed by atoms with Crippen molar-refractivity contribution < 1.29 is 14.3 Å². The molecule has 2 aliphatic rings. The van der Waals surface area contributed by atoms with Gasteiger partial charge in [-0.15, -0.1) is 0 Å². The van der Waals surface area contributed by atoms with Gasteiger partial charge < -0.3 is 9.64 Å². The van der Waals surface area contributed by atoms with Gasteiger partial charge in [-0.3, -0.25) is 19.5 Å². The number of para-hydroxylation sites is 1. The molecular weight excluding hydrogens is 414 g/mol. The van der Waals surface area contributed by atoms with Crippen molar-refractivity contribution in [3.05, 3.63) is 95.4 Å². The fraction of sp³-hybridized carbons (Fsp3) is 0.222. The number of benzene rings is 2. The maximum atomic E-state index is 13.7. The van der Waals surface area contributed by atoms with Gasteiger partial charge in [0.05, 0.1) is 24.4 Å². The molecule has 0 fully saturated rings. The SMILES string of the molecule is CCCOc1ccc(C2=C(N3CCc4ccccc43)C(=O)N(Cc3ccccn3)C2=O)cc1. The summed E-state index contributed by atoms with van der Waals surface area (Å²) in [5, 5.41) is 0. The Hall–Kier alpha value is -3.93. The number of aromatic nitrogens is 1. The summed E-state index contributed by atoms with van der Waals surface area (Å²) in [6.45, 7) is 3.48. The molecule has 0 unspecified atom stereocenters. The summed E-state index contributed by atoms with van der Waals surface area (Å²) in [5.74, 6) is 0.160. The molecule has 33 heavy (non-hydrogen) atoms. The van der Waals surface area contributed by atoms with Crippen LogP contribution in [-0.4, -0.2) is 34.8 Å². The Morgan fingerprint density at radius 2 is 1.73 bits per heavy atom. The molecular formula is C27H25N3O3. The summed E-state index contributed by atoms with van der Waals surface area (Å²) in [6, 6.07) is 21.0. The highest BCUT2D eigenvalue weighted by atomic mass is 16.5. The van der Waals surface area contributed by atoms with Crippen molar-refractivity contribution in [1.82, 2.24) is 9.88 Å². The Balaban J connectivity index is 1.56. The van der Waals surface area contributed by atoms with Gasteiger partial charge in [-0.05, 0) is 54.3 Å². The van der Waals surface area contributed by atoms with Gasteiger partial charge >= 0.3 is 0 Å². The number of nitrogens with zero attached hydrogens (tertiary/aromatic N) is 3. The highest BCUT2D eigenvalue weighted by molar-refractivity contribution is 6.36. The minimum atomic E-state index is -0.299. The Morgan fingerprint density at radius 1 is 0.939 bits per heavy atom. The van der Waals surface area contributed by atoms with E-state index in [1.807, 2.05) is 65.6 Å². The van der Waals surface area contributed by atoms with Crippen molar-refractivity contribution in [2.45, 2.75) is 26.3 Å². The van der Waals surface area contributed by atoms with Crippen LogP contribution in [0.3, 0.4) is 0 Å². The molecule has 0 radical (unpaired) electrons. The van der Waals surface area contributed by atoms with Crippen molar-refractivity contribution in [2.24, 2.45) is 0 Å². The highest BCUT2D eigenvalue weighted by Crippen LogP contribution is 2.39. The predicted molar refractivity (Wildman–Crippen MR) is 126 cm³/mol. The smallest absolute Gasteiger partial charge is 0.278 e. The minimum Gasteiger partial charge on any atom is -0.494 e. The standard InChI is InChI=1S/C27H25N3O3/c1-2-17-33-22-12-10-20(11-13-22)24-25(29-16-14-19-7-3-4-9-23(19)29)27(32)30(26(24)31)18-21-8-5-6-15-28-21/h3-13,15H,2,14,16-18H2,1H3. The number of fused-ring (bicyclic) bond motifs is 1. The molecule has 3 aromatic rings. The lowest BCUT2D eigenvalue weighted by atomic mass is 10.0. The molecule has 5 rings (SSSR count). The molecule has 3 heterocycles. The molecule has 0 aliphatic carbocycles. The Labute approximate surface area is 193 Å². The van der Waals surface area contributed by atoms with Crippen LogP contribution in [0.15, 0.2) is 78.6 Å². The van der Waals surface area contributed by atoms with E-state index < -0.39 is 0 Å². The van der Waals surface area contributed by atoms with Crippen LogP contribution in [0.25, 0.3) is 5.57 Å². The van der Waals surface area contributed by atoms with Gasteiger partial charge in [-0.1, -0.05) is 43.3 Å². The maximum absolute atomic E-state index is 13.7. The highest BCUT2D eigenvalue weighted by Gasteiger charge is 2.43. The number of hydrogen-bond donors (Lipinski definition) is 0. The molecule has 166 valence electrons. The number of imide groups is 1. The lowest BCUT2D eigenvalue weighted by molar-refractivity contribution is -0.137. The van der Waals surface area contributed by atoms with E-state index >= 15 is 0 Å². The summed E-state index contributed by atoms with van der Waals surface area (Å²) < 4.78 is 5.70. The molecule has 2 aromatic carbocycles. The van der Waals surface area contributed by atoms with E-state index in [1.165, 1.54) is 10.5 Å². The molecule has 1 aromatic heterocycles. The number of amides is 2. The average Bonchev–Trinajstić information content (AvgIpc) is 3.38. The normalized spacial score (nSPS) is 15.4. The fourth-order valence-corrected chi connectivity index (χ4v) is 4.38. The van der Waals surface area contributed by atoms with E-state index in [9.17, 15) is 9.59 Å². The second-order valence-electron chi connectivity index (χ2n) is 8.14. The molecule has 2 aliphatic heterocycles. The first-order chi connectivity index (χ1) is 16.2. The van der Waals surface area contributed by atoms with Crippen molar-refractivity contribution in [3.63, 3.8) is 0 Å². The van der Waals surface area contributed by atoms with Crippen molar-refractivity contribution in [1.29, 1.82) is 0 Å².